The minimum absolute atomic E-state index is 0.126. The van der Waals surface area contributed by atoms with Gasteiger partial charge in [-0.15, -0.1) is 0 Å². The van der Waals surface area contributed by atoms with E-state index in [-0.39, 0.29) is 18.5 Å². The maximum atomic E-state index is 13.0. The molecule has 1 aliphatic heterocycles. The van der Waals surface area contributed by atoms with Crippen molar-refractivity contribution in [2.24, 2.45) is 0 Å². The van der Waals surface area contributed by atoms with Gasteiger partial charge in [-0.05, 0) is 41.0 Å². The Balaban J connectivity index is 1.39. The van der Waals surface area contributed by atoms with Crippen LogP contribution in [0.4, 0.5) is 10.5 Å². The number of carbonyl (C=O) groups excluding carboxylic acids is 2. The Bertz CT molecular complexity index is 1130. The molecule has 0 bridgehead atoms. The van der Waals surface area contributed by atoms with Crippen molar-refractivity contribution in [1.29, 1.82) is 0 Å². The van der Waals surface area contributed by atoms with E-state index >= 15 is 0 Å². The normalized spacial score (nSPS) is 14.3. The van der Waals surface area contributed by atoms with Gasteiger partial charge in [-0.25, -0.2) is 4.79 Å². The number of benzene rings is 3. The molecule has 7 heteroatoms. The van der Waals surface area contributed by atoms with Gasteiger partial charge in [0.2, 0.25) is 0 Å². The van der Waals surface area contributed by atoms with E-state index < -0.39 is 0 Å². The number of amides is 3. The van der Waals surface area contributed by atoms with Crippen molar-refractivity contribution in [3.05, 3.63) is 77.4 Å². The van der Waals surface area contributed by atoms with Crippen molar-refractivity contribution in [2.75, 3.05) is 44.6 Å². The molecule has 1 saturated heterocycles. The van der Waals surface area contributed by atoms with Gasteiger partial charge in [0.15, 0.2) is 0 Å². The van der Waals surface area contributed by atoms with Crippen LogP contribution in [0.5, 0.6) is 0 Å². The predicted molar refractivity (Wildman–Crippen MR) is 130 cm³/mol. The van der Waals surface area contributed by atoms with E-state index in [1.165, 1.54) is 0 Å². The van der Waals surface area contributed by atoms with Crippen LogP contribution in [-0.2, 0) is 6.54 Å². The fourth-order valence-electron chi connectivity index (χ4n) is 4.18. The summed E-state index contributed by atoms with van der Waals surface area (Å²) in [6.07, 6.45) is 0. The first-order valence-corrected chi connectivity index (χ1v) is 11.3. The molecule has 0 aromatic heterocycles. The quantitative estimate of drug-likeness (QED) is 0.543. The Kier molecular flexibility index (Phi) is 7.22. The fourth-order valence-corrected chi connectivity index (χ4v) is 4.18. The summed E-state index contributed by atoms with van der Waals surface area (Å²) < 4.78 is 0. The Morgan fingerprint density at radius 2 is 1.73 bits per heavy atom. The van der Waals surface area contributed by atoms with E-state index in [2.05, 4.69) is 33.7 Å². The first kappa shape index (κ1) is 22.8. The van der Waals surface area contributed by atoms with Crippen LogP contribution < -0.4 is 10.6 Å². The zero-order chi connectivity index (χ0) is 23.2. The number of nitrogens with one attached hydrogen (secondary N) is 2. The molecule has 7 nitrogen and oxygen atoms in total. The highest BCUT2D eigenvalue weighted by Crippen LogP contribution is 2.20. The summed E-state index contributed by atoms with van der Waals surface area (Å²) in [5, 5.41) is 17.3. The lowest BCUT2D eigenvalue weighted by Crippen LogP contribution is -2.50. The summed E-state index contributed by atoms with van der Waals surface area (Å²) in [6.45, 7) is 5.76. The topological polar surface area (TPSA) is 84.9 Å². The van der Waals surface area contributed by atoms with E-state index in [0.717, 1.165) is 35.0 Å². The molecule has 0 atom stereocenters. The van der Waals surface area contributed by atoms with Crippen LogP contribution >= 0.6 is 0 Å². The minimum Gasteiger partial charge on any atom is -0.395 e. The summed E-state index contributed by atoms with van der Waals surface area (Å²) in [4.78, 5) is 29.5. The third-order valence-corrected chi connectivity index (χ3v) is 6.13. The van der Waals surface area contributed by atoms with E-state index in [1.807, 2.05) is 43.3 Å². The molecule has 4 rings (SSSR count). The molecule has 1 aliphatic rings. The highest BCUT2D eigenvalue weighted by Gasteiger charge is 2.21. The number of fused-ring (bicyclic) bond motifs is 1. The zero-order valence-electron chi connectivity index (χ0n) is 18.9. The Morgan fingerprint density at radius 1 is 0.970 bits per heavy atom. The smallest absolute Gasteiger partial charge is 0.321 e. The summed E-state index contributed by atoms with van der Waals surface area (Å²) in [5.41, 5.74) is 3.05. The molecular formula is C26H30N4O3. The van der Waals surface area contributed by atoms with Crippen LogP contribution in [0.2, 0.25) is 0 Å². The van der Waals surface area contributed by atoms with Gasteiger partial charge in [-0.2, -0.15) is 0 Å². The average Bonchev–Trinajstić information content (AvgIpc) is 2.84. The van der Waals surface area contributed by atoms with Crippen LogP contribution in [0.3, 0.4) is 0 Å². The number of aliphatic hydroxyl groups is 1. The molecule has 0 aliphatic carbocycles. The molecule has 0 unspecified atom stereocenters. The fraction of sp³-hybridized carbons (Fsp3) is 0.308. The van der Waals surface area contributed by atoms with E-state index in [4.69, 9.17) is 5.11 Å². The van der Waals surface area contributed by atoms with Crippen molar-refractivity contribution in [1.82, 2.24) is 15.1 Å². The van der Waals surface area contributed by atoms with Crippen molar-refractivity contribution in [3.8, 4) is 0 Å². The molecule has 3 amide bonds. The molecule has 172 valence electrons. The van der Waals surface area contributed by atoms with Gasteiger partial charge in [-0.1, -0.05) is 48.5 Å². The maximum Gasteiger partial charge on any atom is 0.321 e. The Hall–Kier alpha value is -3.42. The second kappa shape index (κ2) is 10.5. The number of hydrogen-bond donors (Lipinski definition) is 3. The lowest BCUT2D eigenvalue weighted by atomic mass is 10.0. The van der Waals surface area contributed by atoms with Gasteiger partial charge in [0.25, 0.3) is 5.91 Å². The molecule has 1 heterocycles. The molecule has 0 radical (unpaired) electrons. The van der Waals surface area contributed by atoms with Gasteiger partial charge < -0.3 is 20.6 Å². The SMILES string of the molecule is Cc1ccc(NC(=O)N2CCN(CCO)CC2)cc1C(=O)NCc1cccc2ccccc12. The number of hydrogen-bond acceptors (Lipinski definition) is 4. The Morgan fingerprint density at radius 3 is 2.52 bits per heavy atom. The average molecular weight is 447 g/mol. The highest BCUT2D eigenvalue weighted by atomic mass is 16.3. The number of β-amino-alcohol motifs (C(OH)–C–C–N with tert-alkyl or cyclic N) is 1. The zero-order valence-corrected chi connectivity index (χ0v) is 18.9. The van der Waals surface area contributed by atoms with Gasteiger partial charge in [-0.3, -0.25) is 9.69 Å². The van der Waals surface area contributed by atoms with Gasteiger partial charge >= 0.3 is 6.03 Å². The summed E-state index contributed by atoms with van der Waals surface area (Å²) in [7, 11) is 0. The van der Waals surface area contributed by atoms with Crippen molar-refractivity contribution in [2.45, 2.75) is 13.5 Å². The minimum atomic E-state index is -0.176. The summed E-state index contributed by atoms with van der Waals surface area (Å²) >= 11 is 0. The molecule has 3 N–H and O–H groups in total. The van der Waals surface area contributed by atoms with Crippen molar-refractivity contribution < 1.29 is 14.7 Å². The summed E-state index contributed by atoms with van der Waals surface area (Å²) in [6, 6.07) is 19.4. The molecule has 3 aromatic carbocycles. The third-order valence-electron chi connectivity index (χ3n) is 6.13. The molecule has 33 heavy (non-hydrogen) atoms. The van der Waals surface area contributed by atoms with Crippen molar-refractivity contribution in [3.63, 3.8) is 0 Å². The van der Waals surface area contributed by atoms with Crippen LogP contribution in [0.1, 0.15) is 21.5 Å². The molecule has 0 saturated carbocycles. The number of urea groups is 1. The van der Waals surface area contributed by atoms with Crippen LogP contribution in [0.15, 0.2) is 60.7 Å². The molecule has 0 spiro atoms. The lowest BCUT2D eigenvalue weighted by molar-refractivity contribution is 0.0950. The second-order valence-electron chi connectivity index (χ2n) is 8.33. The second-order valence-corrected chi connectivity index (χ2v) is 8.33. The summed E-state index contributed by atoms with van der Waals surface area (Å²) in [5.74, 6) is -0.172. The molecular weight excluding hydrogens is 416 g/mol. The number of anilines is 1. The van der Waals surface area contributed by atoms with Gasteiger partial charge in [0.1, 0.15) is 0 Å². The van der Waals surface area contributed by atoms with E-state index in [1.54, 1.807) is 11.0 Å². The molecule has 1 fully saturated rings. The number of piperazine rings is 1. The van der Waals surface area contributed by atoms with Gasteiger partial charge in [0.05, 0.1) is 6.61 Å². The monoisotopic (exact) mass is 446 g/mol. The van der Waals surface area contributed by atoms with Crippen LogP contribution in [0, 0.1) is 6.92 Å². The van der Waals surface area contributed by atoms with Crippen LogP contribution in [0.25, 0.3) is 10.8 Å². The van der Waals surface area contributed by atoms with Gasteiger partial charge in [0, 0.05) is 50.5 Å². The number of nitrogens with zero attached hydrogens (tertiary/aromatic N) is 2. The predicted octanol–water partition coefficient (Wildman–Crippen LogP) is 3.22. The third kappa shape index (κ3) is 5.50. The molecule has 3 aromatic rings. The van der Waals surface area contributed by atoms with E-state index in [9.17, 15) is 9.59 Å². The van der Waals surface area contributed by atoms with Crippen LogP contribution in [-0.4, -0.2) is 66.2 Å². The number of aryl methyl sites for hydroxylation is 1. The largest absolute Gasteiger partial charge is 0.395 e. The number of aliphatic hydroxyl groups excluding tert-OH is 1. The number of rotatable bonds is 6. The first-order chi connectivity index (χ1) is 16.0. The standard InChI is InChI=1S/C26H30N4O3/c1-19-9-10-22(28-26(33)30-13-11-29(12-14-30)15-16-31)17-24(19)25(32)27-18-21-7-4-6-20-5-2-3-8-23(20)21/h2-10,17,31H,11-16,18H2,1H3,(H,27,32)(H,28,33). The number of carbonyl (C=O) groups is 2. The maximum absolute atomic E-state index is 13.0. The lowest BCUT2D eigenvalue weighted by Gasteiger charge is -2.34. The Labute approximate surface area is 194 Å². The first-order valence-electron chi connectivity index (χ1n) is 11.3. The van der Waals surface area contributed by atoms with E-state index in [0.29, 0.717) is 37.4 Å². The van der Waals surface area contributed by atoms with Crippen molar-refractivity contribution >= 4 is 28.4 Å². The highest BCUT2D eigenvalue weighted by molar-refractivity contribution is 5.98.